The second kappa shape index (κ2) is 5.10. The van der Waals surface area contributed by atoms with Gasteiger partial charge in [0, 0.05) is 30.9 Å². The van der Waals surface area contributed by atoms with E-state index < -0.39 is 0 Å². The van der Waals surface area contributed by atoms with Crippen LogP contribution in [-0.2, 0) is 0 Å². The molecule has 2 heterocycles. The van der Waals surface area contributed by atoms with E-state index in [0.717, 1.165) is 18.9 Å². The van der Waals surface area contributed by atoms with Gasteiger partial charge in [0.1, 0.15) is 11.0 Å². The molecule has 0 bridgehead atoms. The highest BCUT2D eigenvalue weighted by atomic mass is 35.5. The summed E-state index contributed by atoms with van der Waals surface area (Å²) in [5.41, 5.74) is 6.47. The first-order valence-corrected chi connectivity index (χ1v) is 6.28. The van der Waals surface area contributed by atoms with Crippen LogP contribution in [0.25, 0.3) is 0 Å². The third-order valence-electron chi connectivity index (χ3n) is 3.25. The lowest BCUT2D eigenvalue weighted by Gasteiger charge is -2.36. The van der Waals surface area contributed by atoms with Gasteiger partial charge in [0.2, 0.25) is 0 Å². The number of nitrogens with two attached hydrogens (primary N) is 1. The van der Waals surface area contributed by atoms with Gasteiger partial charge in [0.25, 0.3) is 0 Å². The Hall–Kier alpha value is -1.00. The van der Waals surface area contributed by atoms with Crippen molar-refractivity contribution < 1.29 is 0 Å². The smallest absolute Gasteiger partial charge is 0.133 e. The van der Waals surface area contributed by atoms with Crippen molar-refractivity contribution >= 4 is 23.1 Å². The van der Waals surface area contributed by atoms with E-state index in [2.05, 4.69) is 28.9 Å². The van der Waals surface area contributed by atoms with Crippen LogP contribution in [-0.4, -0.2) is 43.1 Å². The summed E-state index contributed by atoms with van der Waals surface area (Å²) in [5, 5.41) is 0.465. The molecule has 0 spiro atoms. The average molecular weight is 255 g/mol. The number of piperidine rings is 1. The molecule has 0 saturated carbocycles. The summed E-state index contributed by atoms with van der Waals surface area (Å²) in [4.78, 5) is 8.87. The summed E-state index contributed by atoms with van der Waals surface area (Å²) in [6.45, 7) is 2.01. The van der Waals surface area contributed by atoms with Crippen LogP contribution in [0.4, 0.5) is 11.5 Å². The van der Waals surface area contributed by atoms with E-state index >= 15 is 0 Å². The molecule has 17 heavy (non-hydrogen) atoms. The Kier molecular flexibility index (Phi) is 3.74. The van der Waals surface area contributed by atoms with E-state index in [9.17, 15) is 0 Å². The first-order chi connectivity index (χ1) is 8.06. The molecule has 1 aromatic heterocycles. The minimum absolute atomic E-state index is 0.465. The average Bonchev–Trinajstić information content (AvgIpc) is 2.28. The lowest BCUT2D eigenvalue weighted by molar-refractivity contribution is 0.257. The van der Waals surface area contributed by atoms with Crippen molar-refractivity contribution in [1.29, 1.82) is 0 Å². The van der Waals surface area contributed by atoms with Crippen LogP contribution in [0.3, 0.4) is 0 Å². The summed E-state index contributed by atoms with van der Waals surface area (Å²) in [6.07, 6.45) is 2.41. The van der Waals surface area contributed by atoms with Crippen molar-refractivity contribution in [3.05, 3.63) is 17.3 Å². The van der Waals surface area contributed by atoms with Crippen LogP contribution < -0.4 is 10.6 Å². The molecule has 1 saturated heterocycles. The monoisotopic (exact) mass is 254 g/mol. The van der Waals surface area contributed by atoms with Crippen molar-refractivity contribution in [3.8, 4) is 0 Å². The van der Waals surface area contributed by atoms with Crippen molar-refractivity contribution in [3.63, 3.8) is 0 Å². The maximum atomic E-state index is 5.94. The first-order valence-electron chi connectivity index (χ1n) is 5.90. The lowest BCUT2D eigenvalue weighted by Crippen LogP contribution is -2.45. The Bertz CT molecular complexity index is 374. The van der Waals surface area contributed by atoms with E-state index in [1.807, 2.05) is 6.07 Å². The zero-order chi connectivity index (χ0) is 12.4. The lowest BCUT2D eigenvalue weighted by atomic mass is 10.0. The fourth-order valence-electron chi connectivity index (χ4n) is 2.25. The van der Waals surface area contributed by atoms with Crippen LogP contribution >= 0.6 is 11.6 Å². The summed E-state index contributed by atoms with van der Waals surface area (Å²) < 4.78 is 0. The van der Waals surface area contributed by atoms with Crippen molar-refractivity contribution in [1.82, 2.24) is 9.88 Å². The highest BCUT2D eigenvalue weighted by Crippen LogP contribution is 2.23. The maximum Gasteiger partial charge on any atom is 0.133 e. The number of likely N-dealkylation sites (N-methyl/N-ethyl adjacent to an activating group) is 1. The molecule has 0 aliphatic carbocycles. The van der Waals surface area contributed by atoms with E-state index in [1.165, 1.54) is 12.8 Å². The van der Waals surface area contributed by atoms with Gasteiger partial charge in [0.15, 0.2) is 0 Å². The van der Waals surface area contributed by atoms with E-state index in [4.69, 9.17) is 17.3 Å². The minimum Gasteiger partial charge on any atom is -0.399 e. The standard InChI is InChI=1S/C12H19ClN4/c1-16(2)10-4-3-5-17(8-10)12-7-9(14)6-11(13)15-12/h6-7,10H,3-5,8H2,1-2H3,(H2,14,15). The molecule has 0 radical (unpaired) electrons. The number of pyridine rings is 1. The number of hydrogen-bond acceptors (Lipinski definition) is 4. The van der Waals surface area contributed by atoms with Crippen molar-refractivity contribution in [2.45, 2.75) is 18.9 Å². The van der Waals surface area contributed by atoms with Gasteiger partial charge in [-0.3, -0.25) is 0 Å². The molecule has 1 aliphatic heterocycles. The largest absolute Gasteiger partial charge is 0.399 e. The van der Waals surface area contributed by atoms with Crippen LogP contribution in [0.2, 0.25) is 5.15 Å². The molecular weight excluding hydrogens is 236 g/mol. The second-order valence-electron chi connectivity index (χ2n) is 4.79. The van der Waals surface area contributed by atoms with E-state index in [0.29, 0.717) is 16.9 Å². The highest BCUT2D eigenvalue weighted by molar-refractivity contribution is 6.29. The van der Waals surface area contributed by atoms with Crippen molar-refractivity contribution in [2.75, 3.05) is 37.8 Å². The number of rotatable bonds is 2. The summed E-state index contributed by atoms with van der Waals surface area (Å²) in [5.74, 6) is 0.890. The maximum absolute atomic E-state index is 5.94. The molecule has 5 heteroatoms. The third kappa shape index (κ3) is 3.01. The third-order valence-corrected chi connectivity index (χ3v) is 3.45. The van der Waals surface area contributed by atoms with Gasteiger partial charge >= 0.3 is 0 Å². The number of nitrogens with zero attached hydrogens (tertiary/aromatic N) is 3. The van der Waals surface area contributed by atoms with E-state index in [-0.39, 0.29) is 0 Å². The fraction of sp³-hybridized carbons (Fsp3) is 0.583. The van der Waals surface area contributed by atoms with Crippen molar-refractivity contribution in [2.24, 2.45) is 0 Å². The molecule has 1 atom stereocenters. The zero-order valence-corrected chi connectivity index (χ0v) is 11.1. The molecule has 2 N–H and O–H groups in total. The Morgan fingerprint density at radius 1 is 1.47 bits per heavy atom. The van der Waals surface area contributed by atoms with Gasteiger partial charge in [-0.15, -0.1) is 0 Å². The SMILES string of the molecule is CN(C)C1CCCN(c2cc(N)cc(Cl)n2)C1. The van der Waals surface area contributed by atoms with Crippen LogP contribution in [0.15, 0.2) is 12.1 Å². The predicted octanol–water partition coefficient (Wildman–Crippen LogP) is 1.85. The Morgan fingerprint density at radius 3 is 2.88 bits per heavy atom. The molecule has 1 aromatic rings. The molecule has 2 rings (SSSR count). The predicted molar refractivity (Wildman–Crippen MR) is 72.6 cm³/mol. The first kappa shape index (κ1) is 12.5. The number of hydrogen-bond donors (Lipinski definition) is 1. The van der Waals surface area contributed by atoms with Gasteiger partial charge in [0.05, 0.1) is 0 Å². The molecule has 4 nitrogen and oxygen atoms in total. The number of halogens is 1. The molecule has 1 aliphatic rings. The summed E-state index contributed by atoms with van der Waals surface area (Å²) in [6, 6.07) is 4.15. The van der Waals surface area contributed by atoms with Gasteiger partial charge in [-0.05, 0) is 33.0 Å². The Morgan fingerprint density at radius 2 is 2.24 bits per heavy atom. The minimum atomic E-state index is 0.465. The van der Waals surface area contributed by atoms with Gasteiger partial charge in [-0.1, -0.05) is 11.6 Å². The zero-order valence-electron chi connectivity index (χ0n) is 10.4. The molecule has 0 amide bonds. The van der Waals surface area contributed by atoms with E-state index in [1.54, 1.807) is 6.07 Å². The number of anilines is 2. The quantitative estimate of drug-likeness (QED) is 0.819. The van der Waals surface area contributed by atoms with Gasteiger partial charge in [-0.2, -0.15) is 0 Å². The number of aromatic nitrogens is 1. The second-order valence-corrected chi connectivity index (χ2v) is 5.17. The summed E-state index contributed by atoms with van der Waals surface area (Å²) >= 11 is 5.94. The number of nitrogen functional groups attached to an aromatic ring is 1. The molecule has 1 unspecified atom stereocenters. The summed E-state index contributed by atoms with van der Waals surface area (Å²) in [7, 11) is 4.24. The van der Waals surface area contributed by atoms with Gasteiger partial charge < -0.3 is 15.5 Å². The van der Waals surface area contributed by atoms with Crippen LogP contribution in [0, 0.1) is 0 Å². The van der Waals surface area contributed by atoms with Crippen LogP contribution in [0.5, 0.6) is 0 Å². The molecule has 1 fully saturated rings. The Balaban J connectivity index is 2.16. The molecule has 94 valence electrons. The van der Waals surface area contributed by atoms with Gasteiger partial charge in [-0.25, -0.2) is 4.98 Å². The normalized spacial score (nSPS) is 20.9. The van der Waals surface area contributed by atoms with Crippen LogP contribution in [0.1, 0.15) is 12.8 Å². The highest BCUT2D eigenvalue weighted by Gasteiger charge is 2.22. The molecule has 0 aromatic carbocycles. The topological polar surface area (TPSA) is 45.4 Å². The Labute approximate surface area is 107 Å². The fourth-order valence-corrected chi connectivity index (χ4v) is 2.46. The molecular formula is C12H19ClN4.